The summed E-state index contributed by atoms with van der Waals surface area (Å²) in [6.45, 7) is 0. The minimum absolute atomic E-state index is 0.0200. The van der Waals surface area contributed by atoms with E-state index in [1.54, 1.807) is 0 Å². The number of hydrogen-bond acceptors (Lipinski definition) is 4. The Balaban J connectivity index is 2.46. The molecule has 1 heterocycles. The van der Waals surface area contributed by atoms with Crippen LogP contribution in [-0.4, -0.2) is 22.5 Å². The van der Waals surface area contributed by atoms with Gasteiger partial charge in [-0.2, -0.15) is 0 Å². The van der Waals surface area contributed by atoms with Crippen molar-refractivity contribution in [2.75, 3.05) is 0 Å². The molecule has 0 saturated heterocycles. The van der Waals surface area contributed by atoms with E-state index in [0.29, 0.717) is 17.6 Å². The maximum atomic E-state index is 10.7. The van der Waals surface area contributed by atoms with Crippen LogP contribution in [0.5, 0.6) is 5.75 Å². The molecule has 0 unspecified atom stereocenters. The Morgan fingerprint density at radius 3 is 2.53 bits per heavy atom. The summed E-state index contributed by atoms with van der Waals surface area (Å²) in [6.07, 6.45) is 0.548. The van der Waals surface area contributed by atoms with Crippen LogP contribution in [0.2, 0.25) is 0 Å². The van der Waals surface area contributed by atoms with E-state index in [4.69, 9.17) is 9.52 Å². The molecule has 0 fully saturated rings. The maximum absolute atomic E-state index is 10.7. The second kappa shape index (κ2) is 4.13. The van der Waals surface area contributed by atoms with Crippen molar-refractivity contribution >= 4 is 12.3 Å². The quantitative estimate of drug-likeness (QED) is 0.791. The fraction of sp³-hybridized carbons (Fsp3) is 0. The highest BCUT2D eigenvalue weighted by atomic mass is 16.4. The van der Waals surface area contributed by atoms with Crippen molar-refractivity contribution in [3.8, 4) is 17.1 Å². The second-order valence-corrected chi connectivity index (χ2v) is 3.36. The molecule has 2 N–H and O–H groups in total. The Hall–Kier alpha value is -2.56. The first-order chi connectivity index (χ1) is 8.11. The number of aromatic carboxylic acids is 1. The van der Waals surface area contributed by atoms with E-state index in [1.165, 1.54) is 24.3 Å². The van der Waals surface area contributed by atoms with Crippen LogP contribution in [0.15, 0.2) is 34.7 Å². The van der Waals surface area contributed by atoms with Gasteiger partial charge < -0.3 is 14.6 Å². The number of hydrogen-bond donors (Lipinski definition) is 2. The van der Waals surface area contributed by atoms with E-state index >= 15 is 0 Å². The molecule has 1 aromatic heterocycles. The van der Waals surface area contributed by atoms with Gasteiger partial charge in [0.2, 0.25) is 0 Å². The average Bonchev–Trinajstić information content (AvgIpc) is 2.77. The number of carbonyl (C=O) groups excluding carboxylic acids is 1. The predicted molar refractivity (Wildman–Crippen MR) is 58.2 cm³/mol. The lowest BCUT2D eigenvalue weighted by atomic mass is 10.1. The highest BCUT2D eigenvalue weighted by Crippen LogP contribution is 2.31. The third-order valence-electron chi connectivity index (χ3n) is 2.25. The molecule has 0 spiro atoms. The Labute approximate surface area is 95.9 Å². The van der Waals surface area contributed by atoms with Crippen LogP contribution in [-0.2, 0) is 0 Å². The molecule has 2 aromatic rings. The number of phenols is 1. The van der Waals surface area contributed by atoms with Crippen molar-refractivity contribution in [2.45, 2.75) is 0 Å². The van der Waals surface area contributed by atoms with Crippen molar-refractivity contribution < 1.29 is 24.2 Å². The summed E-state index contributed by atoms with van der Waals surface area (Å²) in [7, 11) is 0. The van der Waals surface area contributed by atoms with Gasteiger partial charge in [-0.05, 0) is 30.3 Å². The molecule has 5 heteroatoms. The molecular formula is C12H8O5. The first-order valence-electron chi connectivity index (χ1n) is 4.73. The van der Waals surface area contributed by atoms with E-state index in [-0.39, 0.29) is 17.1 Å². The number of aromatic hydroxyl groups is 1. The molecule has 0 bridgehead atoms. The lowest BCUT2D eigenvalue weighted by molar-refractivity contribution is 0.0696. The van der Waals surface area contributed by atoms with Gasteiger partial charge >= 0.3 is 5.97 Å². The largest absolute Gasteiger partial charge is 0.507 e. The Morgan fingerprint density at radius 2 is 2.00 bits per heavy atom. The first-order valence-corrected chi connectivity index (χ1v) is 4.73. The molecule has 86 valence electrons. The number of phenolic OH excluding ortho intramolecular Hbond substituents is 1. The van der Waals surface area contributed by atoms with Crippen molar-refractivity contribution in [3.05, 3.63) is 41.7 Å². The normalized spacial score (nSPS) is 10.1. The van der Waals surface area contributed by atoms with Gasteiger partial charge in [-0.3, -0.25) is 4.79 Å². The second-order valence-electron chi connectivity index (χ2n) is 3.36. The van der Waals surface area contributed by atoms with E-state index in [2.05, 4.69) is 0 Å². The van der Waals surface area contributed by atoms with Crippen LogP contribution >= 0.6 is 0 Å². The molecule has 17 heavy (non-hydrogen) atoms. The zero-order valence-corrected chi connectivity index (χ0v) is 8.58. The van der Waals surface area contributed by atoms with Gasteiger partial charge in [0.25, 0.3) is 0 Å². The number of carboxylic acids is 1. The van der Waals surface area contributed by atoms with Gasteiger partial charge in [-0.15, -0.1) is 0 Å². The average molecular weight is 232 g/mol. The minimum Gasteiger partial charge on any atom is -0.507 e. The number of carboxylic acid groups (broad SMARTS) is 1. The van der Waals surface area contributed by atoms with Crippen LogP contribution < -0.4 is 0 Å². The molecule has 0 radical (unpaired) electrons. The summed E-state index contributed by atoms with van der Waals surface area (Å²) in [5.74, 6) is -0.889. The Morgan fingerprint density at radius 1 is 1.24 bits per heavy atom. The standard InChI is InChI=1S/C12H8O5/c13-6-8-2-4-11(17-8)9-3-1-7(12(15)16)5-10(9)14/h1-6,14H,(H,15,16). The molecule has 5 nitrogen and oxygen atoms in total. The monoisotopic (exact) mass is 232 g/mol. The first kappa shape index (κ1) is 10.9. The van der Waals surface area contributed by atoms with Crippen molar-refractivity contribution in [1.29, 1.82) is 0 Å². The van der Waals surface area contributed by atoms with Gasteiger partial charge in [0.05, 0.1) is 11.1 Å². The van der Waals surface area contributed by atoms with Gasteiger partial charge in [0.15, 0.2) is 12.0 Å². The number of rotatable bonds is 3. The molecule has 0 amide bonds. The van der Waals surface area contributed by atoms with Gasteiger partial charge in [0.1, 0.15) is 11.5 Å². The van der Waals surface area contributed by atoms with Crippen molar-refractivity contribution in [2.24, 2.45) is 0 Å². The van der Waals surface area contributed by atoms with E-state index in [0.717, 1.165) is 6.07 Å². The highest BCUT2D eigenvalue weighted by Gasteiger charge is 2.12. The zero-order chi connectivity index (χ0) is 12.4. The van der Waals surface area contributed by atoms with Crippen LogP contribution in [0.4, 0.5) is 0 Å². The summed E-state index contributed by atoms with van der Waals surface area (Å²) in [4.78, 5) is 21.1. The van der Waals surface area contributed by atoms with Crippen LogP contribution in [0.3, 0.4) is 0 Å². The number of aldehydes is 1. The van der Waals surface area contributed by atoms with E-state index in [9.17, 15) is 14.7 Å². The maximum Gasteiger partial charge on any atom is 0.335 e. The van der Waals surface area contributed by atoms with Crippen molar-refractivity contribution in [3.63, 3.8) is 0 Å². The number of benzene rings is 1. The van der Waals surface area contributed by atoms with Crippen LogP contribution in [0.25, 0.3) is 11.3 Å². The Kier molecular flexibility index (Phi) is 2.66. The van der Waals surface area contributed by atoms with Crippen molar-refractivity contribution in [1.82, 2.24) is 0 Å². The molecule has 0 aliphatic rings. The predicted octanol–water partition coefficient (Wildman–Crippen LogP) is 2.16. The van der Waals surface area contributed by atoms with E-state index < -0.39 is 5.97 Å². The summed E-state index contributed by atoms with van der Waals surface area (Å²) in [5.41, 5.74) is 0.316. The summed E-state index contributed by atoms with van der Waals surface area (Å²) in [6, 6.07) is 6.89. The third kappa shape index (κ3) is 2.03. The molecule has 2 rings (SSSR count). The zero-order valence-electron chi connectivity index (χ0n) is 8.58. The Bertz CT molecular complexity index is 582. The van der Waals surface area contributed by atoms with Gasteiger partial charge in [-0.1, -0.05) is 0 Å². The lowest BCUT2D eigenvalue weighted by Gasteiger charge is -2.02. The van der Waals surface area contributed by atoms with E-state index in [1.807, 2.05) is 0 Å². The SMILES string of the molecule is O=Cc1ccc(-c2ccc(C(=O)O)cc2O)o1. The summed E-state index contributed by atoms with van der Waals surface area (Å²) in [5, 5.41) is 18.4. The number of furan rings is 1. The van der Waals surface area contributed by atoms with Crippen LogP contribution in [0.1, 0.15) is 20.9 Å². The smallest absolute Gasteiger partial charge is 0.335 e. The molecule has 1 aromatic carbocycles. The minimum atomic E-state index is -1.13. The summed E-state index contributed by atoms with van der Waals surface area (Å²) >= 11 is 0. The molecule has 0 atom stereocenters. The molecule has 0 aliphatic carbocycles. The van der Waals surface area contributed by atoms with Crippen LogP contribution in [0, 0.1) is 0 Å². The van der Waals surface area contributed by atoms with Gasteiger partial charge in [-0.25, -0.2) is 4.79 Å². The fourth-order valence-corrected chi connectivity index (χ4v) is 1.43. The summed E-state index contributed by atoms with van der Waals surface area (Å²) < 4.78 is 5.12. The lowest BCUT2D eigenvalue weighted by Crippen LogP contribution is -1.95. The van der Waals surface area contributed by atoms with Gasteiger partial charge in [0, 0.05) is 0 Å². The molecular weight excluding hydrogens is 224 g/mol. The topological polar surface area (TPSA) is 87.7 Å². The molecule has 0 saturated carbocycles. The molecule has 0 aliphatic heterocycles. The number of carbonyl (C=O) groups is 2. The third-order valence-corrected chi connectivity index (χ3v) is 2.25. The fourth-order valence-electron chi connectivity index (χ4n) is 1.43. The highest BCUT2D eigenvalue weighted by molar-refractivity contribution is 5.89.